The molecule has 0 amide bonds. The van der Waals surface area contributed by atoms with Crippen LogP contribution in [0.5, 0.6) is 0 Å². The minimum atomic E-state index is -1.13. The molecule has 162 valence electrons. The molecule has 6 nitrogen and oxygen atoms in total. The third-order valence-corrected chi connectivity index (χ3v) is 5.34. The lowest BCUT2D eigenvalue weighted by Gasteiger charge is -2.41. The molecule has 0 rings (SSSR count). The molecule has 0 bridgehead atoms. The van der Waals surface area contributed by atoms with Gasteiger partial charge in [0.15, 0.2) is 0 Å². The van der Waals surface area contributed by atoms with Crippen molar-refractivity contribution in [1.29, 1.82) is 0 Å². The number of carbonyl (C=O) groups excluding carboxylic acids is 1. The van der Waals surface area contributed by atoms with Gasteiger partial charge in [0.1, 0.15) is 31.8 Å². The highest BCUT2D eigenvalue weighted by molar-refractivity contribution is 5.64. The fraction of sp³-hybridized carbons (Fsp3) is 0.952. The van der Waals surface area contributed by atoms with Gasteiger partial charge in [-0.25, -0.2) is 0 Å². The molecule has 0 saturated heterocycles. The summed E-state index contributed by atoms with van der Waals surface area (Å²) >= 11 is 0. The van der Waals surface area contributed by atoms with Gasteiger partial charge in [-0.2, -0.15) is 0 Å². The van der Waals surface area contributed by atoms with Crippen molar-refractivity contribution in [3.8, 4) is 0 Å². The Kier molecular flexibility index (Phi) is 15.9. The smallest absolute Gasteiger partial charge is 0.105 e. The molecule has 0 aromatic carbocycles. The molecule has 6 heteroatoms. The fourth-order valence-corrected chi connectivity index (χ4v) is 3.78. The van der Waals surface area contributed by atoms with Gasteiger partial charge >= 0.3 is 0 Å². The van der Waals surface area contributed by atoms with Crippen LogP contribution < -0.4 is 5.11 Å². The molecule has 0 heterocycles. The fourth-order valence-electron chi connectivity index (χ4n) is 3.78. The van der Waals surface area contributed by atoms with Crippen LogP contribution in [0.4, 0.5) is 0 Å². The van der Waals surface area contributed by atoms with Gasteiger partial charge in [-0.05, 0) is 12.8 Å². The molecule has 2 unspecified atom stereocenters. The summed E-state index contributed by atoms with van der Waals surface area (Å²) in [6, 6.07) is 0. The Morgan fingerprint density at radius 1 is 0.852 bits per heavy atom. The molecular weight excluding hydrogens is 346 g/mol. The Hall–Kier alpha value is -0.690. The largest absolute Gasteiger partial charge is 0.550 e. The maximum atomic E-state index is 11.0. The lowest BCUT2D eigenvalue weighted by molar-refractivity contribution is -0.933. The summed E-state index contributed by atoms with van der Waals surface area (Å²) < 4.78 is 0.231. The van der Waals surface area contributed by atoms with E-state index in [0.29, 0.717) is 32.5 Å². The molecule has 0 spiro atoms. The third-order valence-electron chi connectivity index (χ3n) is 5.34. The minimum absolute atomic E-state index is 0.0991. The number of carbonyl (C=O) groups is 1. The zero-order valence-electron chi connectivity index (χ0n) is 17.6. The second-order valence-corrected chi connectivity index (χ2v) is 8.01. The number of unbranched alkanes of at least 4 members (excludes halogenated alkanes) is 6. The van der Waals surface area contributed by atoms with Crippen molar-refractivity contribution in [3.05, 3.63) is 0 Å². The molecule has 2 atom stereocenters. The first-order valence-electron chi connectivity index (χ1n) is 10.9. The highest BCUT2D eigenvalue weighted by Crippen LogP contribution is 2.17. The second kappa shape index (κ2) is 16.3. The lowest BCUT2D eigenvalue weighted by atomic mass is 10.0. The van der Waals surface area contributed by atoms with E-state index in [1.807, 2.05) is 0 Å². The van der Waals surface area contributed by atoms with Crippen LogP contribution in [0, 0.1) is 0 Å². The number of nitrogens with zero attached hydrogens (tertiary/aromatic N) is 1. The van der Waals surface area contributed by atoms with Crippen molar-refractivity contribution >= 4 is 5.97 Å². The Morgan fingerprint density at radius 2 is 1.33 bits per heavy atom. The van der Waals surface area contributed by atoms with Crippen molar-refractivity contribution in [2.75, 3.05) is 32.8 Å². The van der Waals surface area contributed by atoms with Gasteiger partial charge in [-0.3, -0.25) is 0 Å². The maximum absolute atomic E-state index is 11.0. The molecule has 0 radical (unpaired) electrons. The molecule has 27 heavy (non-hydrogen) atoms. The second-order valence-electron chi connectivity index (χ2n) is 8.01. The molecular formula is C21H43NO5. The van der Waals surface area contributed by atoms with E-state index in [1.54, 1.807) is 0 Å². The number of quaternary nitrogens is 1. The number of aliphatic carboxylic acids is 1. The number of rotatable bonds is 19. The quantitative estimate of drug-likeness (QED) is 0.230. The maximum Gasteiger partial charge on any atom is 0.105 e. The highest BCUT2D eigenvalue weighted by Gasteiger charge is 2.32. The van der Waals surface area contributed by atoms with Gasteiger partial charge in [0, 0.05) is 12.4 Å². The van der Waals surface area contributed by atoms with E-state index in [2.05, 4.69) is 13.8 Å². The molecule has 0 saturated carbocycles. The Balaban J connectivity index is 4.84. The van der Waals surface area contributed by atoms with E-state index < -0.39 is 18.2 Å². The van der Waals surface area contributed by atoms with E-state index in [0.717, 1.165) is 51.4 Å². The first-order valence-corrected chi connectivity index (χ1v) is 10.9. The predicted molar refractivity (Wildman–Crippen MR) is 106 cm³/mol. The van der Waals surface area contributed by atoms with Crippen LogP contribution in [0.1, 0.15) is 84.5 Å². The van der Waals surface area contributed by atoms with Gasteiger partial charge < -0.3 is 29.7 Å². The van der Waals surface area contributed by atoms with Crippen LogP contribution in [0.2, 0.25) is 0 Å². The van der Waals surface area contributed by atoms with E-state index in [9.17, 15) is 25.2 Å². The highest BCUT2D eigenvalue weighted by atomic mass is 16.4. The van der Waals surface area contributed by atoms with E-state index in [1.165, 1.54) is 0 Å². The number of carboxylic acids is 1. The zero-order valence-corrected chi connectivity index (χ0v) is 17.6. The van der Waals surface area contributed by atoms with Crippen molar-refractivity contribution in [3.63, 3.8) is 0 Å². The van der Waals surface area contributed by atoms with E-state index >= 15 is 0 Å². The van der Waals surface area contributed by atoms with Crippen LogP contribution in [0.3, 0.4) is 0 Å². The van der Waals surface area contributed by atoms with Crippen LogP contribution >= 0.6 is 0 Å². The molecule has 0 aliphatic rings. The van der Waals surface area contributed by atoms with E-state index in [4.69, 9.17) is 0 Å². The summed E-state index contributed by atoms with van der Waals surface area (Å²) in [5, 5.41) is 41.5. The molecule has 0 aromatic rings. The molecule has 0 fully saturated rings. The first kappa shape index (κ1) is 26.3. The zero-order chi connectivity index (χ0) is 20.5. The summed E-state index contributed by atoms with van der Waals surface area (Å²) in [7, 11) is 0. The average Bonchev–Trinajstić information content (AvgIpc) is 2.61. The number of carboxylic acid groups (broad SMARTS) is 1. The summed E-state index contributed by atoms with van der Waals surface area (Å²) in [6.07, 6.45) is 8.69. The SMILES string of the molecule is CCCCCCC(O)C[N+](CCO)(CCC(=O)[O-])CC(O)CCCCCC. The number of hydrogen-bond acceptors (Lipinski definition) is 5. The van der Waals surface area contributed by atoms with Crippen molar-refractivity contribution < 1.29 is 29.7 Å². The van der Waals surface area contributed by atoms with Gasteiger partial charge in [0.25, 0.3) is 0 Å². The molecule has 0 aromatic heterocycles. The van der Waals surface area contributed by atoms with Gasteiger partial charge in [-0.15, -0.1) is 0 Å². The minimum Gasteiger partial charge on any atom is -0.550 e. The topological polar surface area (TPSA) is 101 Å². The van der Waals surface area contributed by atoms with Crippen LogP contribution in [0.15, 0.2) is 0 Å². The predicted octanol–water partition coefficient (Wildman–Crippen LogP) is 1.60. The summed E-state index contributed by atoms with van der Waals surface area (Å²) in [5.41, 5.74) is 0. The number of hydrogen-bond donors (Lipinski definition) is 3. The molecule has 0 aliphatic heterocycles. The first-order chi connectivity index (χ1) is 12.9. The average molecular weight is 390 g/mol. The van der Waals surface area contributed by atoms with Crippen LogP contribution in [0.25, 0.3) is 0 Å². The Bertz CT molecular complexity index is 344. The van der Waals surface area contributed by atoms with Crippen LogP contribution in [-0.4, -0.2) is 70.8 Å². The van der Waals surface area contributed by atoms with Crippen molar-refractivity contribution in [2.45, 2.75) is 96.7 Å². The standard InChI is InChI=1S/C21H43NO5/c1-3-5-7-9-11-19(24)17-22(15-16-23,14-13-21(26)27)18-20(25)12-10-8-6-4-2/h19-20,23-25H,3-18H2,1-2H3. The number of aliphatic hydroxyl groups is 3. The van der Waals surface area contributed by atoms with Crippen molar-refractivity contribution in [2.24, 2.45) is 0 Å². The van der Waals surface area contributed by atoms with Gasteiger partial charge in [0.2, 0.25) is 0 Å². The number of aliphatic hydroxyl groups excluding tert-OH is 3. The summed E-state index contributed by atoms with van der Waals surface area (Å²) in [6.45, 7) is 5.52. The molecule has 3 N–H and O–H groups in total. The van der Waals surface area contributed by atoms with Gasteiger partial charge in [0.05, 0.1) is 13.2 Å². The monoisotopic (exact) mass is 389 g/mol. The molecule has 0 aliphatic carbocycles. The normalized spacial score (nSPS) is 16.0. The van der Waals surface area contributed by atoms with Crippen molar-refractivity contribution in [1.82, 2.24) is 0 Å². The summed E-state index contributed by atoms with van der Waals surface area (Å²) in [4.78, 5) is 11.0. The third kappa shape index (κ3) is 14.0. The van der Waals surface area contributed by atoms with Gasteiger partial charge in [-0.1, -0.05) is 65.2 Å². The summed E-state index contributed by atoms with van der Waals surface area (Å²) in [5.74, 6) is -1.13. The van der Waals surface area contributed by atoms with E-state index in [-0.39, 0.29) is 24.1 Å². The van der Waals surface area contributed by atoms with Crippen LogP contribution in [-0.2, 0) is 4.79 Å². The lowest BCUT2D eigenvalue weighted by Crippen LogP contribution is -2.58. The Morgan fingerprint density at radius 3 is 1.70 bits per heavy atom. The Labute approximate surface area is 165 Å².